The molecule has 0 N–H and O–H groups in total. The van der Waals surface area contributed by atoms with Crippen molar-refractivity contribution in [3.63, 3.8) is 0 Å². The number of hydrogen-bond donors (Lipinski definition) is 0. The predicted molar refractivity (Wildman–Crippen MR) is 58.7 cm³/mol. The van der Waals surface area contributed by atoms with Gasteiger partial charge in [-0.1, -0.05) is 6.07 Å². The van der Waals surface area contributed by atoms with E-state index in [1.54, 1.807) is 12.1 Å². The topological polar surface area (TPSA) is 23.6 Å². The van der Waals surface area contributed by atoms with Crippen molar-refractivity contribution < 1.29 is 9.18 Å². The van der Waals surface area contributed by atoms with Crippen molar-refractivity contribution in [1.82, 2.24) is 4.90 Å². The highest BCUT2D eigenvalue weighted by Gasteiger charge is 2.42. The standard InChI is InChI=1S/C12H13FN2O/c13-9-2-1-3-10(4-9)15-7-11-5-12(15)6-14(11)8-16/h1-4,8,11-12H,5-7H2/t11-,12-/m0/s1. The summed E-state index contributed by atoms with van der Waals surface area (Å²) in [6.07, 6.45) is 1.93. The van der Waals surface area contributed by atoms with E-state index < -0.39 is 0 Å². The van der Waals surface area contributed by atoms with E-state index >= 15 is 0 Å². The highest BCUT2D eigenvalue weighted by molar-refractivity contribution is 5.55. The van der Waals surface area contributed by atoms with Crippen LogP contribution in [-0.2, 0) is 4.79 Å². The van der Waals surface area contributed by atoms with Gasteiger partial charge >= 0.3 is 0 Å². The van der Waals surface area contributed by atoms with E-state index in [0.717, 1.165) is 31.6 Å². The number of anilines is 1. The Bertz CT molecular complexity index is 423. The second-order valence-corrected chi connectivity index (χ2v) is 4.48. The molecule has 0 unspecified atom stereocenters. The minimum atomic E-state index is -0.201. The van der Waals surface area contributed by atoms with Crippen molar-refractivity contribution in [2.75, 3.05) is 18.0 Å². The van der Waals surface area contributed by atoms with Crippen LogP contribution in [0.25, 0.3) is 0 Å². The Balaban J connectivity index is 1.83. The first kappa shape index (κ1) is 9.63. The molecule has 84 valence electrons. The van der Waals surface area contributed by atoms with Crippen LogP contribution in [0.3, 0.4) is 0 Å². The van der Waals surface area contributed by atoms with Gasteiger partial charge in [-0.3, -0.25) is 4.79 Å². The first-order chi connectivity index (χ1) is 7.78. The molecule has 2 aliphatic rings. The maximum Gasteiger partial charge on any atom is 0.210 e. The molecule has 3 nitrogen and oxygen atoms in total. The smallest absolute Gasteiger partial charge is 0.210 e. The number of fused-ring (bicyclic) bond motifs is 2. The number of piperazine rings is 1. The van der Waals surface area contributed by atoms with Crippen LogP contribution in [0.5, 0.6) is 0 Å². The van der Waals surface area contributed by atoms with E-state index in [9.17, 15) is 9.18 Å². The minimum Gasteiger partial charge on any atom is -0.365 e. The maximum atomic E-state index is 13.1. The molecule has 1 aromatic carbocycles. The Hall–Kier alpha value is -1.58. The Morgan fingerprint density at radius 2 is 2.19 bits per heavy atom. The summed E-state index contributed by atoms with van der Waals surface area (Å²) < 4.78 is 13.1. The number of benzene rings is 1. The molecule has 0 radical (unpaired) electrons. The van der Waals surface area contributed by atoms with Gasteiger partial charge in [0, 0.05) is 24.8 Å². The van der Waals surface area contributed by atoms with Gasteiger partial charge in [-0.25, -0.2) is 4.39 Å². The summed E-state index contributed by atoms with van der Waals surface area (Å²) in [7, 11) is 0. The second kappa shape index (κ2) is 3.47. The Labute approximate surface area is 93.5 Å². The molecule has 0 aliphatic carbocycles. The molecule has 2 heterocycles. The zero-order chi connectivity index (χ0) is 11.1. The second-order valence-electron chi connectivity index (χ2n) is 4.48. The summed E-state index contributed by atoms with van der Waals surface area (Å²) in [6, 6.07) is 7.34. The number of halogens is 1. The summed E-state index contributed by atoms with van der Waals surface area (Å²) >= 11 is 0. The average Bonchev–Trinajstić information content (AvgIpc) is 2.87. The van der Waals surface area contributed by atoms with Gasteiger partial charge in [0.2, 0.25) is 6.41 Å². The zero-order valence-corrected chi connectivity index (χ0v) is 8.84. The van der Waals surface area contributed by atoms with E-state index in [1.807, 2.05) is 11.0 Å². The lowest BCUT2D eigenvalue weighted by Crippen LogP contribution is -2.45. The maximum absolute atomic E-state index is 13.1. The molecule has 2 saturated heterocycles. The quantitative estimate of drug-likeness (QED) is 0.700. The average molecular weight is 220 g/mol. The van der Waals surface area contributed by atoms with Gasteiger partial charge < -0.3 is 9.80 Å². The molecule has 2 aliphatic heterocycles. The normalized spacial score (nSPS) is 27.6. The lowest BCUT2D eigenvalue weighted by molar-refractivity contribution is -0.119. The van der Waals surface area contributed by atoms with Crippen LogP contribution in [0.15, 0.2) is 24.3 Å². The zero-order valence-electron chi connectivity index (χ0n) is 8.84. The Morgan fingerprint density at radius 1 is 1.31 bits per heavy atom. The number of nitrogens with zero attached hydrogens (tertiary/aromatic N) is 2. The van der Waals surface area contributed by atoms with E-state index in [1.165, 1.54) is 6.07 Å². The van der Waals surface area contributed by atoms with Gasteiger partial charge in [-0.2, -0.15) is 0 Å². The van der Waals surface area contributed by atoms with E-state index in [-0.39, 0.29) is 5.82 Å². The summed E-state index contributed by atoms with van der Waals surface area (Å²) in [5.41, 5.74) is 0.929. The third-order valence-corrected chi connectivity index (χ3v) is 3.56. The molecular weight excluding hydrogens is 207 g/mol. The van der Waals surface area contributed by atoms with Crippen LogP contribution in [0, 0.1) is 5.82 Å². The number of hydrogen-bond acceptors (Lipinski definition) is 2. The van der Waals surface area contributed by atoms with Crippen molar-refractivity contribution in [2.24, 2.45) is 0 Å². The van der Waals surface area contributed by atoms with Crippen molar-refractivity contribution in [2.45, 2.75) is 18.5 Å². The molecule has 16 heavy (non-hydrogen) atoms. The third-order valence-electron chi connectivity index (χ3n) is 3.56. The number of likely N-dealkylation sites (tertiary alicyclic amines) is 1. The largest absolute Gasteiger partial charge is 0.365 e. The molecular formula is C12H13FN2O. The van der Waals surface area contributed by atoms with Gasteiger partial charge in [0.25, 0.3) is 0 Å². The number of carbonyl (C=O) groups excluding carboxylic acids is 1. The molecule has 3 rings (SSSR count). The van der Waals surface area contributed by atoms with Crippen molar-refractivity contribution in [3.8, 4) is 0 Å². The third kappa shape index (κ3) is 1.37. The molecule has 4 heteroatoms. The van der Waals surface area contributed by atoms with Crippen LogP contribution < -0.4 is 4.90 Å². The van der Waals surface area contributed by atoms with Crippen molar-refractivity contribution in [3.05, 3.63) is 30.1 Å². The van der Waals surface area contributed by atoms with Gasteiger partial charge in [0.05, 0.1) is 6.04 Å². The van der Waals surface area contributed by atoms with Crippen LogP contribution in [0.2, 0.25) is 0 Å². The number of amides is 1. The van der Waals surface area contributed by atoms with Crippen LogP contribution in [-0.4, -0.2) is 36.5 Å². The van der Waals surface area contributed by atoms with Gasteiger partial charge in [-0.05, 0) is 24.6 Å². The monoisotopic (exact) mass is 220 g/mol. The molecule has 0 saturated carbocycles. The fourth-order valence-electron chi connectivity index (χ4n) is 2.80. The minimum absolute atomic E-state index is 0.201. The van der Waals surface area contributed by atoms with Crippen molar-refractivity contribution in [1.29, 1.82) is 0 Å². The molecule has 2 bridgehead atoms. The highest BCUT2D eigenvalue weighted by atomic mass is 19.1. The first-order valence-corrected chi connectivity index (χ1v) is 5.51. The van der Waals surface area contributed by atoms with Crippen molar-refractivity contribution >= 4 is 12.1 Å². The van der Waals surface area contributed by atoms with E-state index in [4.69, 9.17) is 0 Å². The summed E-state index contributed by atoms with van der Waals surface area (Å²) in [4.78, 5) is 14.8. The lowest BCUT2D eigenvalue weighted by atomic mass is 10.2. The fourth-order valence-corrected chi connectivity index (χ4v) is 2.80. The van der Waals surface area contributed by atoms with E-state index in [0.29, 0.717) is 12.1 Å². The summed E-state index contributed by atoms with van der Waals surface area (Å²) in [5, 5.41) is 0. The molecule has 1 aromatic rings. The molecule has 1 amide bonds. The van der Waals surface area contributed by atoms with Gasteiger partial charge in [0.1, 0.15) is 5.82 Å². The molecule has 2 fully saturated rings. The SMILES string of the molecule is O=CN1C[C@@H]2C[C@H]1CN2c1cccc(F)c1. The van der Waals surface area contributed by atoms with E-state index in [2.05, 4.69) is 4.90 Å². The Morgan fingerprint density at radius 3 is 2.81 bits per heavy atom. The van der Waals surface area contributed by atoms with Crippen LogP contribution >= 0.6 is 0 Å². The first-order valence-electron chi connectivity index (χ1n) is 5.51. The molecule has 2 atom stereocenters. The highest BCUT2D eigenvalue weighted by Crippen LogP contribution is 2.33. The molecule has 0 spiro atoms. The molecule has 0 aromatic heterocycles. The summed E-state index contributed by atoms with van der Waals surface area (Å²) in [6.45, 7) is 1.59. The Kier molecular flexibility index (Phi) is 2.09. The fraction of sp³-hybridized carbons (Fsp3) is 0.417. The predicted octanol–water partition coefficient (Wildman–Crippen LogP) is 1.24. The summed E-state index contributed by atoms with van der Waals surface area (Å²) in [5.74, 6) is -0.201. The number of carbonyl (C=O) groups is 1. The van der Waals surface area contributed by atoms with Crippen LogP contribution in [0.1, 0.15) is 6.42 Å². The van der Waals surface area contributed by atoms with Gasteiger partial charge in [0.15, 0.2) is 0 Å². The van der Waals surface area contributed by atoms with Crippen LogP contribution in [0.4, 0.5) is 10.1 Å². The lowest BCUT2D eigenvalue weighted by Gasteiger charge is -2.33. The van der Waals surface area contributed by atoms with Gasteiger partial charge in [-0.15, -0.1) is 0 Å². The number of rotatable bonds is 2.